The van der Waals surface area contributed by atoms with E-state index < -0.39 is 0 Å². The van der Waals surface area contributed by atoms with Gasteiger partial charge in [0.1, 0.15) is 11.5 Å². The number of carbonyl (C=O) groups is 1. The molecule has 1 aliphatic rings. The molecule has 0 N–H and O–H groups in total. The lowest BCUT2D eigenvalue weighted by Crippen LogP contribution is -2.31. The van der Waals surface area contributed by atoms with Gasteiger partial charge in [-0.1, -0.05) is 0 Å². The highest BCUT2D eigenvalue weighted by Crippen LogP contribution is 2.12. The normalized spacial score (nSPS) is 17.1. The van der Waals surface area contributed by atoms with Gasteiger partial charge in [-0.3, -0.25) is 9.69 Å². The zero-order chi connectivity index (χ0) is 9.42. The van der Waals surface area contributed by atoms with E-state index in [0.717, 1.165) is 31.2 Å². The molecule has 4 heteroatoms. The van der Waals surface area contributed by atoms with E-state index >= 15 is 0 Å². The van der Waals surface area contributed by atoms with E-state index in [2.05, 4.69) is 16.9 Å². The SMILES string of the molecule is CC(=O)c1cnc2n1CCN(C)C2. The fourth-order valence-corrected chi connectivity index (χ4v) is 1.66. The highest BCUT2D eigenvalue weighted by molar-refractivity contribution is 5.92. The van der Waals surface area contributed by atoms with Crippen LogP contribution in [0.4, 0.5) is 0 Å². The van der Waals surface area contributed by atoms with Gasteiger partial charge in [0, 0.05) is 20.0 Å². The van der Waals surface area contributed by atoms with Gasteiger partial charge in [-0.2, -0.15) is 0 Å². The Bertz CT molecular complexity index is 343. The number of ketones is 1. The van der Waals surface area contributed by atoms with Crippen molar-refractivity contribution in [3.8, 4) is 0 Å². The summed E-state index contributed by atoms with van der Waals surface area (Å²) in [7, 11) is 2.06. The molecule has 0 saturated heterocycles. The Balaban J connectivity index is 2.39. The van der Waals surface area contributed by atoms with Crippen LogP contribution < -0.4 is 0 Å². The molecule has 0 aliphatic carbocycles. The summed E-state index contributed by atoms with van der Waals surface area (Å²) in [5.41, 5.74) is 0.739. The number of hydrogen-bond acceptors (Lipinski definition) is 3. The van der Waals surface area contributed by atoms with Gasteiger partial charge in [0.05, 0.1) is 12.7 Å². The molecule has 70 valence electrons. The Morgan fingerprint density at radius 3 is 3.00 bits per heavy atom. The van der Waals surface area contributed by atoms with Crippen molar-refractivity contribution in [1.82, 2.24) is 14.5 Å². The molecule has 0 spiro atoms. The predicted molar refractivity (Wildman–Crippen MR) is 48.6 cm³/mol. The van der Waals surface area contributed by atoms with Crippen molar-refractivity contribution < 1.29 is 4.79 Å². The minimum Gasteiger partial charge on any atom is -0.323 e. The third kappa shape index (κ3) is 1.37. The molecule has 0 atom stereocenters. The minimum atomic E-state index is 0.100. The zero-order valence-corrected chi connectivity index (χ0v) is 7.95. The van der Waals surface area contributed by atoms with Gasteiger partial charge < -0.3 is 4.57 Å². The number of aromatic nitrogens is 2. The van der Waals surface area contributed by atoms with Gasteiger partial charge in [-0.05, 0) is 7.05 Å². The highest BCUT2D eigenvalue weighted by Gasteiger charge is 2.18. The first-order valence-corrected chi connectivity index (χ1v) is 4.42. The van der Waals surface area contributed by atoms with Crippen molar-refractivity contribution in [2.24, 2.45) is 0 Å². The molecule has 0 fully saturated rings. The molecule has 0 saturated carbocycles. The summed E-state index contributed by atoms with van der Waals surface area (Å²) in [6.07, 6.45) is 1.68. The van der Waals surface area contributed by atoms with Crippen molar-refractivity contribution >= 4 is 5.78 Å². The Kier molecular flexibility index (Phi) is 1.92. The molecular formula is C9H13N3O. The van der Waals surface area contributed by atoms with Gasteiger partial charge >= 0.3 is 0 Å². The van der Waals surface area contributed by atoms with Crippen molar-refractivity contribution in [3.63, 3.8) is 0 Å². The lowest BCUT2D eigenvalue weighted by molar-refractivity contribution is 0.100. The standard InChI is InChI=1S/C9H13N3O/c1-7(13)8-5-10-9-6-11(2)3-4-12(8)9/h5H,3-4,6H2,1-2H3. The smallest absolute Gasteiger partial charge is 0.177 e. The molecule has 1 aromatic rings. The molecule has 1 aliphatic heterocycles. The topological polar surface area (TPSA) is 38.1 Å². The molecule has 2 heterocycles. The Morgan fingerprint density at radius 1 is 1.54 bits per heavy atom. The Labute approximate surface area is 77.2 Å². The van der Waals surface area contributed by atoms with Gasteiger partial charge in [0.15, 0.2) is 5.78 Å². The molecular weight excluding hydrogens is 166 g/mol. The Morgan fingerprint density at radius 2 is 2.31 bits per heavy atom. The maximum atomic E-state index is 11.2. The van der Waals surface area contributed by atoms with E-state index in [1.54, 1.807) is 13.1 Å². The molecule has 2 rings (SSSR count). The number of fused-ring (bicyclic) bond motifs is 1. The van der Waals surface area contributed by atoms with Crippen LogP contribution in [0.3, 0.4) is 0 Å². The quantitative estimate of drug-likeness (QED) is 0.590. The van der Waals surface area contributed by atoms with Crippen LogP contribution in [0, 0.1) is 0 Å². The van der Waals surface area contributed by atoms with Crippen LogP contribution in [0.15, 0.2) is 6.20 Å². The lowest BCUT2D eigenvalue weighted by atomic mass is 10.3. The molecule has 0 bridgehead atoms. The second kappa shape index (κ2) is 2.96. The van der Waals surface area contributed by atoms with Crippen molar-refractivity contribution in [1.29, 1.82) is 0 Å². The Hall–Kier alpha value is -1.16. The molecule has 4 nitrogen and oxygen atoms in total. The minimum absolute atomic E-state index is 0.100. The summed E-state index contributed by atoms with van der Waals surface area (Å²) >= 11 is 0. The van der Waals surface area contributed by atoms with Crippen LogP contribution in [0.25, 0.3) is 0 Å². The van der Waals surface area contributed by atoms with E-state index in [1.807, 2.05) is 4.57 Å². The number of imidazole rings is 1. The average molecular weight is 179 g/mol. The maximum Gasteiger partial charge on any atom is 0.177 e. The number of nitrogens with zero attached hydrogens (tertiary/aromatic N) is 3. The largest absolute Gasteiger partial charge is 0.323 e. The van der Waals surface area contributed by atoms with Crippen molar-refractivity contribution in [3.05, 3.63) is 17.7 Å². The summed E-state index contributed by atoms with van der Waals surface area (Å²) < 4.78 is 2.02. The molecule has 0 unspecified atom stereocenters. The van der Waals surface area contributed by atoms with Gasteiger partial charge in [0.2, 0.25) is 0 Å². The van der Waals surface area contributed by atoms with Crippen molar-refractivity contribution in [2.75, 3.05) is 13.6 Å². The fourth-order valence-electron chi connectivity index (χ4n) is 1.66. The zero-order valence-electron chi connectivity index (χ0n) is 7.95. The van der Waals surface area contributed by atoms with Crippen LogP contribution in [0.2, 0.25) is 0 Å². The molecule has 0 amide bonds. The fraction of sp³-hybridized carbons (Fsp3) is 0.556. The predicted octanol–water partition coefficient (Wildman–Crippen LogP) is 0.531. The summed E-state index contributed by atoms with van der Waals surface area (Å²) in [6.45, 7) is 4.29. The summed E-state index contributed by atoms with van der Waals surface area (Å²) in [4.78, 5) is 17.6. The number of rotatable bonds is 1. The summed E-state index contributed by atoms with van der Waals surface area (Å²) in [5, 5.41) is 0. The lowest BCUT2D eigenvalue weighted by Gasteiger charge is -2.24. The summed E-state index contributed by atoms with van der Waals surface area (Å²) in [6, 6.07) is 0. The molecule has 1 aromatic heterocycles. The first-order valence-electron chi connectivity index (χ1n) is 4.42. The number of likely N-dealkylation sites (N-methyl/N-ethyl adjacent to an activating group) is 1. The second-order valence-corrected chi connectivity index (χ2v) is 3.51. The third-order valence-corrected chi connectivity index (χ3v) is 2.42. The number of Topliss-reactive ketones (excluding diaryl/α,β-unsaturated/α-hetero) is 1. The highest BCUT2D eigenvalue weighted by atomic mass is 16.1. The van der Waals surface area contributed by atoms with Gasteiger partial charge in [0.25, 0.3) is 0 Å². The van der Waals surface area contributed by atoms with Crippen LogP contribution in [0.1, 0.15) is 23.2 Å². The van der Waals surface area contributed by atoms with E-state index in [4.69, 9.17) is 0 Å². The number of hydrogen-bond donors (Lipinski definition) is 0. The number of carbonyl (C=O) groups excluding carboxylic acids is 1. The van der Waals surface area contributed by atoms with Gasteiger partial charge in [-0.25, -0.2) is 4.98 Å². The van der Waals surface area contributed by atoms with Crippen LogP contribution in [-0.2, 0) is 13.1 Å². The second-order valence-electron chi connectivity index (χ2n) is 3.51. The monoisotopic (exact) mass is 179 g/mol. The first kappa shape index (κ1) is 8.44. The van der Waals surface area contributed by atoms with E-state index in [9.17, 15) is 4.79 Å². The van der Waals surface area contributed by atoms with E-state index in [1.165, 1.54) is 0 Å². The van der Waals surface area contributed by atoms with Gasteiger partial charge in [-0.15, -0.1) is 0 Å². The first-order chi connectivity index (χ1) is 6.18. The molecule has 0 aromatic carbocycles. The third-order valence-electron chi connectivity index (χ3n) is 2.42. The molecule has 0 radical (unpaired) electrons. The average Bonchev–Trinajstić information content (AvgIpc) is 2.46. The maximum absolute atomic E-state index is 11.2. The summed E-state index contributed by atoms with van der Waals surface area (Å²) in [5.74, 6) is 1.10. The molecule has 13 heavy (non-hydrogen) atoms. The van der Waals surface area contributed by atoms with Crippen LogP contribution in [0.5, 0.6) is 0 Å². The van der Waals surface area contributed by atoms with E-state index in [-0.39, 0.29) is 5.78 Å². The van der Waals surface area contributed by atoms with Crippen LogP contribution in [-0.4, -0.2) is 33.8 Å². The van der Waals surface area contributed by atoms with Crippen LogP contribution >= 0.6 is 0 Å². The van der Waals surface area contributed by atoms with E-state index in [0.29, 0.717) is 0 Å². The van der Waals surface area contributed by atoms with Crippen molar-refractivity contribution in [2.45, 2.75) is 20.0 Å².